The molecule has 1 amide bonds. The molecule has 0 saturated carbocycles. The molecule has 30 heavy (non-hydrogen) atoms. The van der Waals surface area contributed by atoms with E-state index < -0.39 is 32.4 Å². The molecule has 4 rings (SSSR count). The highest BCUT2D eigenvalue weighted by Gasteiger charge is 2.30. The second-order valence-corrected chi connectivity index (χ2v) is 8.64. The highest BCUT2D eigenvalue weighted by Crippen LogP contribution is 2.25. The first-order chi connectivity index (χ1) is 14.3. The van der Waals surface area contributed by atoms with Crippen LogP contribution in [-0.4, -0.2) is 41.9 Å². The van der Waals surface area contributed by atoms with E-state index in [9.17, 15) is 22.4 Å². The monoisotopic (exact) mass is 432 g/mol. The average Bonchev–Trinajstić information content (AvgIpc) is 3.40. The first-order valence-electron chi connectivity index (χ1n) is 9.12. The molecule has 11 heteroatoms. The normalized spacial score (nSPS) is 14.7. The van der Waals surface area contributed by atoms with Gasteiger partial charge < -0.3 is 5.32 Å². The lowest BCUT2D eigenvalue weighted by Gasteiger charge is -2.16. The van der Waals surface area contributed by atoms with Gasteiger partial charge in [0.1, 0.15) is 10.7 Å². The minimum atomic E-state index is -4.01. The number of nitrogens with zero attached hydrogens (tertiary/aromatic N) is 2. The second kappa shape index (κ2) is 7.84. The van der Waals surface area contributed by atoms with E-state index in [0.29, 0.717) is 37.2 Å². The molecule has 1 aliphatic rings. The standard InChI is InChI=1S/C19H17FN4O5S/c20-15-7-6-13(11-16(15)30(27,28)24-8-1-2-9-24)18(25)21-14-5-3-4-12(10-14)17-22-19(26)29-23-17/h3-7,10-11H,1-2,8-9H2,(H,21,25)(H,22,23,26). The highest BCUT2D eigenvalue weighted by atomic mass is 32.2. The summed E-state index contributed by atoms with van der Waals surface area (Å²) < 4.78 is 45.4. The quantitative estimate of drug-likeness (QED) is 0.637. The number of aromatic nitrogens is 2. The lowest BCUT2D eigenvalue weighted by molar-refractivity contribution is 0.102. The van der Waals surface area contributed by atoms with E-state index in [-0.39, 0.29) is 11.4 Å². The Morgan fingerprint density at radius 2 is 1.93 bits per heavy atom. The van der Waals surface area contributed by atoms with Gasteiger partial charge in [0.2, 0.25) is 10.0 Å². The number of amides is 1. The molecule has 0 aliphatic carbocycles. The smallest absolute Gasteiger partial charge is 0.322 e. The Hall–Kier alpha value is -3.31. The van der Waals surface area contributed by atoms with Crippen molar-refractivity contribution in [3.05, 3.63) is 64.4 Å². The summed E-state index contributed by atoms with van der Waals surface area (Å²) in [7, 11) is -4.01. The van der Waals surface area contributed by atoms with Crippen LogP contribution in [0.5, 0.6) is 0 Å². The van der Waals surface area contributed by atoms with Crippen LogP contribution in [0.1, 0.15) is 23.2 Å². The van der Waals surface area contributed by atoms with Gasteiger partial charge in [-0.25, -0.2) is 17.6 Å². The zero-order chi connectivity index (χ0) is 21.3. The van der Waals surface area contributed by atoms with E-state index in [0.717, 1.165) is 12.1 Å². The fourth-order valence-electron chi connectivity index (χ4n) is 3.21. The van der Waals surface area contributed by atoms with Crippen molar-refractivity contribution in [1.82, 2.24) is 14.4 Å². The molecule has 0 unspecified atom stereocenters. The number of benzene rings is 2. The van der Waals surface area contributed by atoms with E-state index in [1.165, 1.54) is 10.4 Å². The predicted octanol–water partition coefficient (Wildman–Crippen LogP) is 2.21. The summed E-state index contributed by atoms with van der Waals surface area (Å²) in [4.78, 5) is 25.6. The first kappa shape index (κ1) is 20.0. The number of aromatic amines is 1. The van der Waals surface area contributed by atoms with Gasteiger partial charge in [0.05, 0.1) is 0 Å². The Balaban J connectivity index is 1.59. The third kappa shape index (κ3) is 3.89. The number of sulfonamides is 1. The van der Waals surface area contributed by atoms with Crippen molar-refractivity contribution in [2.45, 2.75) is 17.7 Å². The lowest BCUT2D eigenvalue weighted by atomic mass is 10.1. The van der Waals surface area contributed by atoms with E-state index in [1.54, 1.807) is 24.3 Å². The predicted molar refractivity (Wildman–Crippen MR) is 105 cm³/mol. The van der Waals surface area contributed by atoms with Gasteiger partial charge in [0, 0.05) is 29.9 Å². The summed E-state index contributed by atoms with van der Waals surface area (Å²) in [6, 6.07) is 9.66. The summed E-state index contributed by atoms with van der Waals surface area (Å²) in [6.45, 7) is 0.657. The SMILES string of the molecule is O=C(Nc1cccc(-c2noc(=O)[nH]2)c1)c1ccc(F)c(S(=O)(=O)N2CCCC2)c1. The molecular weight excluding hydrogens is 415 g/mol. The molecule has 0 bridgehead atoms. The number of hydrogen-bond donors (Lipinski definition) is 2. The number of halogens is 1. The van der Waals surface area contributed by atoms with Crippen molar-refractivity contribution in [2.75, 3.05) is 18.4 Å². The van der Waals surface area contributed by atoms with Crippen molar-refractivity contribution in [3.63, 3.8) is 0 Å². The fraction of sp³-hybridized carbons (Fsp3) is 0.211. The maximum Gasteiger partial charge on any atom is 0.439 e. The number of hydrogen-bond acceptors (Lipinski definition) is 6. The molecule has 0 radical (unpaired) electrons. The van der Waals surface area contributed by atoms with E-state index in [2.05, 4.69) is 20.0 Å². The summed E-state index contributed by atoms with van der Waals surface area (Å²) in [6.07, 6.45) is 1.43. The van der Waals surface area contributed by atoms with Gasteiger partial charge in [-0.3, -0.25) is 14.3 Å². The highest BCUT2D eigenvalue weighted by molar-refractivity contribution is 7.89. The van der Waals surface area contributed by atoms with Crippen LogP contribution in [0.15, 0.2) is 56.7 Å². The van der Waals surface area contributed by atoms with Crippen molar-refractivity contribution in [2.24, 2.45) is 0 Å². The molecule has 1 aliphatic heterocycles. The Labute approximate surface area is 170 Å². The van der Waals surface area contributed by atoms with Gasteiger partial charge in [-0.05, 0) is 43.2 Å². The molecule has 3 aromatic rings. The average molecular weight is 432 g/mol. The van der Waals surface area contributed by atoms with Gasteiger partial charge >= 0.3 is 5.76 Å². The Morgan fingerprint density at radius 3 is 2.63 bits per heavy atom. The molecule has 9 nitrogen and oxygen atoms in total. The van der Waals surface area contributed by atoms with Gasteiger partial charge in [-0.15, -0.1) is 0 Å². The fourth-order valence-corrected chi connectivity index (χ4v) is 4.82. The third-order valence-corrected chi connectivity index (χ3v) is 6.62. The molecule has 0 spiro atoms. The molecule has 1 aromatic heterocycles. The number of nitrogens with one attached hydrogen (secondary N) is 2. The minimum Gasteiger partial charge on any atom is -0.322 e. The van der Waals surface area contributed by atoms with Crippen LogP contribution < -0.4 is 11.1 Å². The van der Waals surface area contributed by atoms with Crippen molar-refractivity contribution in [1.29, 1.82) is 0 Å². The lowest BCUT2D eigenvalue weighted by Crippen LogP contribution is -2.29. The molecule has 2 heterocycles. The number of rotatable bonds is 5. The Kier molecular flexibility index (Phi) is 5.22. The van der Waals surface area contributed by atoms with Crippen LogP contribution >= 0.6 is 0 Å². The van der Waals surface area contributed by atoms with Gasteiger partial charge in [0.25, 0.3) is 5.91 Å². The van der Waals surface area contributed by atoms with Crippen molar-refractivity contribution < 1.29 is 22.1 Å². The Morgan fingerprint density at radius 1 is 1.17 bits per heavy atom. The summed E-state index contributed by atoms with van der Waals surface area (Å²) in [5, 5.41) is 6.20. The van der Waals surface area contributed by atoms with Crippen LogP contribution in [0.3, 0.4) is 0 Å². The zero-order valence-electron chi connectivity index (χ0n) is 15.6. The van der Waals surface area contributed by atoms with Crippen LogP contribution in [0.2, 0.25) is 0 Å². The van der Waals surface area contributed by atoms with Crippen LogP contribution in [0.4, 0.5) is 10.1 Å². The van der Waals surface area contributed by atoms with Gasteiger partial charge in [-0.2, -0.15) is 4.31 Å². The summed E-state index contributed by atoms with van der Waals surface area (Å²) in [5.74, 6) is -2.04. The molecule has 0 atom stereocenters. The van der Waals surface area contributed by atoms with Crippen LogP contribution in [0, 0.1) is 5.82 Å². The largest absolute Gasteiger partial charge is 0.439 e. The second-order valence-electron chi connectivity index (χ2n) is 6.73. The van der Waals surface area contributed by atoms with E-state index in [1.807, 2.05) is 0 Å². The number of carbonyl (C=O) groups excluding carboxylic acids is 1. The van der Waals surface area contributed by atoms with Crippen molar-refractivity contribution in [3.8, 4) is 11.4 Å². The third-order valence-electron chi connectivity index (χ3n) is 4.71. The summed E-state index contributed by atoms with van der Waals surface area (Å²) in [5.41, 5.74) is 0.860. The van der Waals surface area contributed by atoms with Crippen LogP contribution in [-0.2, 0) is 10.0 Å². The van der Waals surface area contributed by atoms with E-state index >= 15 is 0 Å². The Bertz CT molecular complexity index is 1260. The number of carbonyl (C=O) groups is 1. The first-order valence-corrected chi connectivity index (χ1v) is 10.6. The number of anilines is 1. The maximum atomic E-state index is 14.3. The van der Waals surface area contributed by atoms with E-state index in [4.69, 9.17) is 0 Å². The molecule has 1 fully saturated rings. The van der Waals surface area contributed by atoms with Gasteiger partial charge in [0.15, 0.2) is 5.82 Å². The van der Waals surface area contributed by atoms with Crippen molar-refractivity contribution >= 4 is 21.6 Å². The molecular formula is C19H17FN4O5S. The molecule has 2 aromatic carbocycles. The topological polar surface area (TPSA) is 125 Å². The molecule has 1 saturated heterocycles. The maximum absolute atomic E-state index is 14.3. The van der Waals surface area contributed by atoms with Crippen LogP contribution in [0.25, 0.3) is 11.4 Å². The van der Waals surface area contributed by atoms with Gasteiger partial charge in [-0.1, -0.05) is 17.3 Å². The number of H-pyrrole nitrogens is 1. The molecule has 156 valence electrons. The minimum absolute atomic E-state index is 0.00517. The zero-order valence-corrected chi connectivity index (χ0v) is 16.4. The molecule has 2 N–H and O–H groups in total. The summed E-state index contributed by atoms with van der Waals surface area (Å²) >= 11 is 0.